The van der Waals surface area contributed by atoms with Crippen molar-refractivity contribution >= 4 is 21.6 Å². The van der Waals surface area contributed by atoms with Gasteiger partial charge in [-0.1, -0.05) is 6.07 Å². The Bertz CT molecular complexity index is 616. The smallest absolute Gasteiger partial charge is 0.239 e. The molecule has 22 heavy (non-hydrogen) atoms. The van der Waals surface area contributed by atoms with Crippen LogP contribution in [0.1, 0.15) is 5.56 Å². The Labute approximate surface area is 131 Å². The van der Waals surface area contributed by atoms with Crippen molar-refractivity contribution in [3.8, 4) is 5.75 Å². The van der Waals surface area contributed by atoms with E-state index in [1.54, 1.807) is 12.1 Å². The van der Waals surface area contributed by atoms with Crippen LogP contribution in [0.3, 0.4) is 0 Å². The van der Waals surface area contributed by atoms with Crippen LogP contribution in [0.25, 0.3) is 0 Å². The summed E-state index contributed by atoms with van der Waals surface area (Å²) in [4.78, 5) is 12.1. The molecule has 7 nitrogen and oxygen atoms in total. The molecule has 0 radical (unpaired) electrons. The number of hydrogen-bond donors (Lipinski definition) is 1. The van der Waals surface area contributed by atoms with Gasteiger partial charge >= 0.3 is 0 Å². The summed E-state index contributed by atoms with van der Waals surface area (Å²) in [5.41, 5.74) is 1.46. The van der Waals surface area contributed by atoms with Crippen molar-refractivity contribution in [3.05, 3.63) is 23.8 Å². The number of amides is 1. The highest BCUT2D eigenvalue weighted by atomic mass is 32.2. The van der Waals surface area contributed by atoms with Crippen molar-refractivity contribution in [1.82, 2.24) is 4.31 Å². The second-order valence-corrected chi connectivity index (χ2v) is 6.82. The van der Waals surface area contributed by atoms with Gasteiger partial charge in [-0.2, -0.15) is 4.31 Å². The number of carbonyl (C=O) groups excluding carboxylic acids is 1. The topological polar surface area (TPSA) is 84.9 Å². The van der Waals surface area contributed by atoms with E-state index in [2.05, 4.69) is 5.32 Å². The summed E-state index contributed by atoms with van der Waals surface area (Å²) in [6, 6.07) is 5.36. The average Bonchev–Trinajstić information content (AvgIpc) is 2.42. The van der Waals surface area contributed by atoms with Crippen LogP contribution >= 0.6 is 0 Å². The highest BCUT2D eigenvalue weighted by molar-refractivity contribution is 7.88. The summed E-state index contributed by atoms with van der Waals surface area (Å²) in [6.45, 7) is 1.94. The summed E-state index contributed by atoms with van der Waals surface area (Å²) < 4.78 is 34.4. The van der Waals surface area contributed by atoms with Crippen LogP contribution in [-0.2, 0) is 19.6 Å². The Kier molecular flexibility index (Phi) is 6.79. The maximum Gasteiger partial charge on any atom is 0.239 e. The average molecular weight is 330 g/mol. The molecule has 1 aromatic carbocycles. The molecule has 0 aromatic heterocycles. The molecule has 0 saturated carbocycles. The lowest BCUT2D eigenvalue weighted by Crippen LogP contribution is -2.39. The minimum absolute atomic E-state index is 0.119. The molecule has 0 aliphatic rings. The van der Waals surface area contributed by atoms with Crippen LogP contribution in [0.2, 0.25) is 0 Å². The van der Waals surface area contributed by atoms with Gasteiger partial charge in [0.25, 0.3) is 0 Å². The largest absolute Gasteiger partial charge is 0.495 e. The molecule has 8 heteroatoms. The lowest BCUT2D eigenvalue weighted by atomic mass is 10.2. The first-order valence-corrected chi connectivity index (χ1v) is 8.51. The molecular weight excluding hydrogens is 308 g/mol. The Morgan fingerprint density at radius 2 is 2.00 bits per heavy atom. The normalized spacial score (nSPS) is 11.5. The zero-order valence-corrected chi connectivity index (χ0v) is 14.1. The fraction of sp³-hybridized carbons (Fsp3) is 0.500. The lowest BCUT2D eigenvalue weighted by molar-refractivity contribution is -0.116. The van der Waals surface area contributed by atoms with Gasteiger partial charge in [-0.15, -0.1) is 0 Å². The van der Waals surface area contributed by atoms with Gasteiger partial charge in [0.05, 0.1) is 32.2 Å². The zero-order chi connectivity index (χ0) is 16.8. The molecule has 1 N–H and O–H groups in total. The molecule has 0 atom stereocenters. The Morgan fingerprint density at radius 1 is 1.32 bits per heavy atom. The van der Waals surface area contributed by atoms with Crippen LogP contribution in [0.5, 0.6) is 5.75 Å². The van der Waals surface area contributed by atoms with Gasteiger partial charge in [-0.25, -0.2) is 8.42 Å². The quantitative estimate of drug-likeness (QED) is 0.764. The molecule has 0 aliphatic heterocycles. The van der Waals surface area contributed by atoms with E-state index in [-0.39, 0.29) is 19.7 Å². The summed E-state index contributed by atoms with van der Waals surface area (Å²) in [7, 11) is -0.515. The van der Waals surface area contributed by atoms with Crippen molar-refractivity contribution in [2.75, 3.05) is 45.5 Å². The first-order valence-electron chi connectivity index (χ1n) is 6.66. The van der Waals surface area contributed by atoms with Crippen LogP contribution in [0, 0.1) is 6.92 Å². The van der Waals surface area contributed by atoms with E-state index in [9.17, 15) is 13.2 Å². The summed E-state index contributed by atoms with van der Waals surface area (Å²) in [6.07, 6.45) is 1.06. The van der Waals surface area contributed by atoms with Crippen LogP contribution in [0.4, 0.5) is 5.69 Å². The van der Waals surface area contributed by atoms with Crippen LogP contribution < -0.4 is 10.1 Å². The third-order valence-electron chi connectivity index (χ3n) is 2.96. The van der Waals surface area contributed by atoms with Gasteiger partial charge < -0.3 is 14.8 Å². The molecule has 0 aliphatic carbocycles. The van der Waals surface area contributed by atoms with E-state index >= 15 is 0 Å². The molecule has 0 fully saturated rings. The number of methoxy groups -OCH3 is 2. The molecule has 0 heterocycles. The van der Waals surface area contributed by atoms with Crippen LogP contribution in [-0.4, -0.2) is 58.8 Å². The number of benzene rings is 1. The van der Waals surface area contributed by atoms with Gasteiger partial charge in [-0.05, 0) is 24.6 Å². The molecule has 0 saturated heterocycles. The number of sulfonamides is 1. The minimum atomic E-state index is -3.49. The number of aryl methyl sites for hydroxylation is 1. The second-order valence-electron chi connectivity index (χ2n) is 4.84. The van der Waals surface area contributed by atoms with Crippen LogP contribution in [0.15, 0.2) is 18.2 Å². The summed E-state index contributed by atoms with van der Waals surface area (Å²) >= 11 is 0. The first kappa shape index (κ1) is 18.4. The van der Waals surface area contributed by atoms with Crippen molar-refractivity contribution in [2.24, 2.45) is 0 Å². The van der Waals surface area contributed by atoms with Gasteiger partial charge in [-0.3, -0.25) is 4.79 Å². The third-order valence-corrected chi connectivity index (χ3v) is 4.21. The molecule has 1 rings (SSSR count). The zero-order valence-electron chi connectivity index (χ0n) is 13.3. The molecule has 0 unspecified atom stereocenters. The number of nitrogens with zero attached hydrogens (tertiary/aromatic N) is 1. The standard InChI is InChI=1S/C14H22N2O5S/c1-11-5-6-13(21-3)12(9-11)15-14(17)10-16(7-8-20-2)22(4,18)19/h5-6,9H,7-8,10H2,1-4H3,(H,15,17). The maximum absolute atomic E-state index is 12.1. The summed E-state index contributed by atoms with van der Waals surface area (Å²) in [5.74, 6) is 0.0761. The molecular formula is C14H22N2O5S. The maximum atomic E-state index is 12.1. The van der Waals surface area contributed by atoms with Gasteiger partial charge in [0, 0.05) is 13.7 Å². The molecule has 0 spiro atoms. The second kappa shape index (κ2) is 8.11. The van der Waals surface area contributed by atoms with E-state index in [0.717, 1.165) is 16.1 Å². The highest BCUT2D eigenvalue weighted by Crippen LogP contribution is 2.25. The molecule has 1 amide bonds. The molecule has 124 valence electrons. The lowest BCUT2D eigenvalue weighted by Gasteiger charge is -2.19. The molecule has 1 aromatic rings. The number of carbonyl (C=O) groups is 1. The fourth-order valence-corrected chi connectivity index (χ4v) is 2.58. The van der Waals surface area contributed by atoms with Crippen molar-refractivity contribution < 1.29 is 22.7 Å². The minimum Gasteiger partial charge on any atom is -0.495 e. The Balaban J connectivity index is 2.81. The predicted molar refractivity (Wildman–Crippen MR) is 84.7 cm³/mol. The Morgan fingerprint density at radius 3 is 2.55 bits per heavy atom. The van der Waals surface area contributed by atoms with E-state index in [4.69, 9.17) is 9.47 Å². The van der Waals surface area contributed by atoms with Crippen molar-refractivity contribution in [2.45, 2.75) is 6.92 Å². The van der Waals surface area contributed by atoms with E-state index in [1.165, 1.54) is 14.2 Å². The molecule has 0 bridgehead atoms. The number of rotatable bonds is 8. The number of hydrogen-bond acceptors (Lipinski definition) is 5. The Hall–Kier alpha value is -1.64. The predicted octanol–water partition coefficient (Wildman–Crippen LogP) is 0.850. The monoisotopic (exact) mass is 330 g/mol. The van der Waals surface area contributed by atoms with Gasteiger partial charge in [0.2, 0.25) is 15.9 Å². The first-order chi connectivity index (χ1) is 10.3. The summed E-state index contributed by atoms with van der Waals surface area (Å²) in [5, 5.41) is 2.67. The number of nitrogens with one attached hydrogen (secondary N) is 1. The SMILES string of the molecule is COCCN(CC(=O)Nc1cc(C)ccc1OC)S(C)(=O)=O. The van der Waals surface area contributed by atoms with E-state index in [1.807, 2.05) is 13.0 Å². The van der Waals surface area contributed by atoms with Crippen molar-refractivity contribution in [1.29, 1.82) is 0 Å². The third kappa shape index (κ3) is 5.63. The van der Waals surface area contributed by atoms with Crippen molar-refractivity contribution in [3.63, 3.8) is 0 Å². The van der Waals surface area contributed by atoms with E-state index in [0.29, 0.717) is 11.4 Å². The number of ether oxygens (including phenoxy) is 2. The number of anilines is 1. The van der Waals surface area contributed by atoms with E-state index < -0.39 is 15.9 Å². The fourth-order valence-electron chi connectivity index (χ4n) is 1.82. The highest BCUT2D eigenvalue weighted by Gasteiger charge is 2.20. The van der Waals surface area contributed by atoms with Gasteiger partial charge in [0.15, 0.2) is 0 Å². The van der Waals surface area contributed by atoms with Gasteiger partial charge in [0.1, 0.15) is 5.75 Å².